The Balaban J connectivity index is 1.99. The van der Waals surface area contributed by atoms with E-state index in [-0.39, 0.29) is 12.5 Å². The van der Waals surface area contributed by atoms with Crippen LogP contribution in [0.1, 0.15) is 18.4 Å². The zero-order valence-electron chi connectivity index (χ0n) is 10.1. The Labute approximate surface area is 111 Å². The average Bonchev–Trinajstić information content (AvgIpc) is 3.19. The summed E-state index contributed by atoms with van der Waals surface area (Å²) in [5.41, 5.74) is 1.09. The van der Waals surface area contributed by atoms with E-state index in [9.17, 15) is 4.79 Å². The standard InChI is InChI=1S/C13H14ClN3O/c1-17(11-4-5-11)13(18)8-16-12-6-10(14)3-2-9(12)7-15/h2-3,6,11,16H,4-5,8H2,1H3. The van der Waals surface area contributed by atoms with Crippen LogP contribution in [0.5, 0.6) is 0 Å². The Morgan fingerprint density at radius 1 is 1.61 bits per heavy atom. The number of halogens is 1. The van der Waals surface area contributed by atoms with Gasteiger partial charge >= 0.3 is 0 Å². The van der Waals surface area contributed by atoms with E-state index in [1.807, 2.05) is 7.05 Å². The van der Waals surface area contributed by atoms with Crippen LogP contribution in [0, 0.1) is 11.3 Å². The summed E-state index contributed by atoms with van der Waals surface area (Å²) in [6, 6.07) is 7.41. The summed E-state index contributed by atoms with van der Waals surface area (Å²) in [4.78, 5) is 13.6. The van der Waals surface area contributed by atoms with Crippen molar-refractivity contribution >= 4 is 23.2 Å². The minimum absolute atomic E-state index is 0.0290. The van der Waals surface area contributed by atoms with Crippen LogP contribution in [0.2, 0.25) is 5.02 Å². The molecule has 0 spiro atoms. The van der Waals surface area contributed by atoms with E-state index in [4.69, 9.17) is 16.9 Å². The van der Waals surface area contributed by atoms with Gasteiger partial charge in [0.2, 0.25) is 5.91 Å². The van der Waals surface area contributed by atoms with Gasteiger partial charge in [0.15, 0.2) is 0 Å². The van der Waals surface area contributed by atoms with E-state index < -0.39 is 0 Å². The summed E-state index contributed by atoms with van der Waals surface area (Å²) in [5, 5.41) is 12.5. The highest BCUT2D eigenvalue weighted by molar-refractivity contribution is 6.30. The number of hydrogen-bond acceptors (Lipinski definition) is 3. The van der Waals surface area contributed by atoms with Gasteiger partial charge in [-0.3, -0.25) is 4.79 Å². The Bertz CT molecular complexity index is 505. The number of nitriles is 1. The van der Waals surface area contributed by atoms with Gasteiger partial charge in [-0.1, -0.05) is 11.6 Å². The number of carbonyl (C=O) groups is 1. The van der Waals surface area contributed by atoms with E-state index in [1.54, 1.807) is 23.1 Å². The maximum Gasteiger partial charge on any atom is 0.241 e. The number of anilines is 1. The summed E-state index contributed by atoms with van der Waals surface area (Å²) in [6.07, 6.45) is 2.17. The Hall–Kier alpha value is -1.73. The van der Waals surface area contributed by atoms with Crippen molar-refractivity contribution in [1.82, 2.24) is 4.90 Å². The number of rotatable bonds is 4. The normalized spacial score (nSPS) is 13.8. The molecule has 0 heterocycles. The van der Waals surface area contributed by atoms with Crippen LogP contribution in [-0.4, -0.2) is 30.4 Å². The van der Waals surface area contributed by atoms with Gasteiger partial charge < -0.3 is 10.2 Å². The largest absolute Gasteiger partial charge is 0.375 e. The minimum Gasteiger partial charge on any atom is -0.375 e. The monoisotopic (exact) mass is 263 g/mol. The molecule has 1 aromatic carbocycles. The molecule has 1 amide bonds. The second-order valence-corrected chi connectivity index (χ2v) is 4.83. The second-order valence-electron chi connectivity index (χ2n) is 4.39. The van der Waals surface area contributed by atoms with Crippen LogP contribution < -0.4 is 5.32 Å². The first-order chi connectivity index (χ1) is 8.61. The fourth-order valence-corrected chi connectivity index (χ4v) is 1.89. The summed E-state index contributed by atoms with van der Waals surface area (Å²) >= 11 is 5.87. The van der Waals surface area contributed by atoms with Gasteiger partial charge in [0.1, 0.15) is 6.07 Å². The lowest BCUT2D eigenvalue weighted by Gasteiger charge is -2.17. The van der Waals surface area contributed by atoms with Gasteiger partial charge in [0, 0.05) is 18.1 Å². The molecular formula is C13H14ClN3O. The lowest BCUT2D eigenvalue weighted by Crippen LogP contribution is -2.33. The summed E-state index contributed by atoms with van der Waals surface area (Å²) in [6.45, 7) is 0.183. The zero-order chi connectivity index (χ0) is 13.1. The first-order valence-corrected chi connectivity index (χ1v) is 6.19. The van der Waals surface area contributed by atoms with Crippen LogP contribution in [0.4, 0.5) is 5.69 Å². The van der Waals surface area contributed by atoms with E-state index in [0.717, 1.165) is 12.8 Å². The first-order valence-electron chi connectivity index (χ1n) is 5.81. The molecule has 1 aliphatic carbocycles. The molecule has 1 N–H and O–H groups in total. The SMILES string of the molecule is CN(C(=O)CNc1cc(Cl)ccc1C#N)C1CC1. The summed E-state index contributed by atoms with van der Waals surface area (Å²) in [5.74, 6) is 0.0290. The number of hydrogen-bond donors (Lipinski definition) is 1. The topological polar surface area (TPSA) is 56.1 Å². The molecule has 0 saturated heterocycles. The fourth-order valence-electron chi connectivity index (χ4n) is 1.72. The van der Waals surface area contributed by atoms with Crippen molar-refractivity contribution in [2.45, 2.75) is 18.9 Å². The molecule has 2 rings (SSSR count). The average molecular weight is 264 g/mol. The molecule has 0 aromatic heterocycles. The van der Waals surface area contributed by atoms with Gasteiger partial charge in [0.25, 0.3) is 0 Å². The van der Waals surface area contributed by atoms with Gasteiger partial charge in [-0.2, -0.15) is 5.26 Å². The predicted molar refractivity (Wildman–Crippen MR) is 70.4 cm³/mol. The van der Waals surface area contributed by atoms with Crippen LogP contribution in [0.3, 0.4) is 0 Å². The highest BCUT2D eigenvalue weighted by Crippen LogP contribution is 2.25. The number of nitrogens with zero attached hydrogens (tertiary/aromatic N) is 2. The third-order valence-corrected chi connectivity index (χ3v) is 3.26. The number of benzene rings is 1. The molecule has 0 bridgehead atoms. The first kappa shape index (κ1) is 12.7. The maximum absolute atomic E-state index is 11.8. The van der Waals surface area contributed by atoms with E-state index in [2.05, 4.69) is 11.4 Å². The van der Waals surface area contributed by atoms with Crippen molar-refractivity contribution in [1.29, 1.82) is 5.26 Å². The predicted octanol–water partition coefficient (Wildman–Crippen LogP) is 2.24. The molecule has 18 heavy (non-hydrogen) atoms. The Kier molecular flexibility index (Phi) is 3.73. The van der Waals surface area contributed by atoms with Crippen LogP contribution in [0.25, 0.3) is 0 Å². The van der Waals surface area contributed by atoms with Gasteiger partial charge in [-0.25, -0.2) is 0 Å². The van der Waals surface area contributed by atoms with Crippen molar-refractivity contribution in [2.24, 2.45) is 0 Å². The summed E-state index contributed by atoms with van der Waals surface area (Å²) < 4.78 is 0. The molecule has 0 unspecified atom stereocenters. The molecule has 1 aromatic rings. The third-order valence-electron chi connectivity index (χ3n) is 3.02. The fraction of sp³-hybridized carbons (Fsp3) is 0.385. The van der Waals surface area contributed by atoms with E-state index in [1.165, 1.54) is 0 Å². The van der Waals surface area contributed by atoms with Crippen molar-refractivity contribution in [3.05, 3.63) is 28.8 Å². The molecule has 1 fully saturated rings. The van der Waals surface area contributed by atoms with Crippen molar-refractivity contribution in [3.63, 3.8) is 0 Å². The number of carbonyl (C=O) groups excluding carboxylic acids is 1. The van der Waals surface area contributed by atoms with E-state index >= 15 is 0 Å². The molecule has 0 atom stereocenters. The molecular weight excluding hydrogens is 250 g/mol. The number of amides is 1. The highest BCUT2D eigenvalue weighted by Gasteiger charge is 2.29. The lowest BCUT2D eigenvalue weighted by atomic mass is 10.2. The van der Waals surface area contributed by atoms with Gasteiger partial charge in [0.05, 0.1) is 17.8 Å². The summed E-state index contributed by atoms with van der Waals surface area (Å²) in [7, 11) is 1.81. The third kappa shape index (κ3) is 2.93. The molecule has 94 valence electrons. The molecule has 4 nitrogen and oxygen atoms in total. The maximum atomic E-state index is 11.8. The molecule has 1 aliphatic rings. The van der Waals surface area contributed by atoms with Crippen LogP contribution in [-0.2, 0) is 4.79 Å². The zero-order valence-corrected chi connectivity index (χ0v) is 10.9. The van der Waals surface area contributed by atoms with Crippen LogP contribution >= 0.6 is 11.6 Å². The Morgan fingerprint density at radius 2 is 2.33 bits per heavy atom. The molecule has 0 radical (unpaired) electrons. The van der Waals surface area contributed by atoms with Crippen LogP contribution in [0.15, 0.2) is 18.2 Å². The van der Waals surface area contributed by atoms with Crippen molar-refractivity contribution < 1.29 is 4.79 Å². The van der Waals surface area contributed by atoms with Crippen molar-refractivity contribution in [2.75, 3.05) is 18.9 Å². The van der Waals surface area contributed by atoms with Gasteiger partial charge in [-0.05, 0) is 31.0 Å². The molecule has 5 heteroatoms. The Morgan fingerprint density at radius 3 is 2.94 bits per heavy atom. The number of likely N-dealkylation sites (N-methyl/N-ethyl adjacent to an activating group) is 1. The lowest BCUT2D eigenvalue weighted by molar-refractivity contribution is -0.128. The van der Waals surface area contributed by atoms with Gasteiger partial charge in [-0.15, -0.1) is 0 Å². The number of nitrogens with one attached hydrogen (secondary N) is 1. The minimum atomic E-state index is 0.0290. The smallest absolute Gasteiger partial charge is 0.241 e. The van der Waals surface area contributed by atoms with Crippen molar-refractivity contribution in [3.8, 4) is 6.07 Å². The molecule has 1 saturated carbocycles. The second kappa shape index (κ2) is 5.28. The highest BCUT2D eigenvalue weighted by atomic mass is 35.5. The van der Waals surface area contributed by atoms with E-state index in [0.29, 0.717) is 22.3 Å². The molecule has 0 aliphatic heterocycles. The quantitative estimate of drug-likeness (QED) is 0.906.